The van der Waals surface area contributed by atoms with E-state index in [1.807, 2.05) is 18.2 Å². The van der Waals surface area contributed by atoms with Gasteiger partial charge in [-0.15, -0.1) is 0 Å². The van der Waals surface area contributed by atoms with E-state index in [2.05, 4.69) is 78.3 Å². The Morgan fingerprint density at radius 2 is 0.622 bits per heavy atom. The largest absolute Gasteiger partial charge is 0.326 e. The highest BCUT2D eigenvalue weighted by Crippen LogP contribution is 2.42. The summed E-state index contributed by atoms with van der Waals surface area (Å²) in [6, 6.07) is 5.55. The lowest BCUT2D eigenvalue weighted by atomic mass is 9.69. The molecular weight excluding hydrogens is 558 g/mol. The van der Waals surface area contributed by atoms with Gasteiger partial charge in [-0.2, -0.15) is 0 Å². The first-order valence-corrected chi connectivity index (χ1v) is 18.0. The van der Waals surface area contributed by atoms with Crippen LogP contribution < -0.4 is 16.0 Å². The van der Waals surface area contributed by atoms with Crippen LogP contribution in [-0.4, -0.2) is 17.7 Å². The zero-order valence-corrected chi connectivity index (χ0v) is 29.9. The fourth-order valence-electron chi connectivity index (χ4n) is 8.24. The van der Waals surface area contributed by atoms with E-state index in [9.17, 15) is 14.4 Å². The molecule has 0 saturated heterocycles. The fraction of sp³-hybridized carbons (Fsp3) is 0.769. The molecule has 3 fully saturated rings. The van der Waals surface area contributed by atoms with Crippen LogP contribution in [0.3, 0.4) is 0 Å². The van der Waals surface area contributed by atoms with Crippen molar-refractivity contribution in [3.05, 3.63) is 18.2 Å². The summed E-state index contributed by atoms with van der Waals surface area (Å²) in [4.78, 5) is 40.3. The molecule has 3 amide bonds. The average Bonchev–Trinajstić information content (AvgIpc) is 2.96. The second kappa shape index (κ2) is 14.2. The van der Waals surface area contributed by atoms with Crippen LogP contribution in [0.2, 0.25) is 0 Å². The number of carbonyl (C=O) groups excluding carboxylic acids is 3. The molecule has 4 rings (SSSR count). The van der Waals surface area contributed by atoms with Crippen LogP contribution in [0.5, 0.6) is 0 Å². The van der Waals surface area contributed by atoms with Gasteiger partial charge in [0.25, 0.3) is 0 Å². The summed E-state index contributed by atoms with van der Waals surface area (Å²) in [6.45, 7) is 20.6. The molecule has 1 aromatic rings. The van der Waals surface area contributed by atoms with Crippen molar-refractivity contribution in [2.75, 3.05) is 16.0 Å². The van der Waals surface area contributed by atoms with Gasteiger partial charge in [0.05, 0.1) is 0 Å². The van der Waals surface area contributed by atoms with Gasteiger partial charge in [-0.1, -0.05) is 62.3 Å². The molecule has 0 bridgehead atoms. The van der Waals surface area contributed by atoms with E-state index in [0.717, 1.165) is 77.0 Å². The first kappa shape index (κ1) is 35.5. The smallest absolute Gasteiger partial charge is 0.227 e. The Morgan fingerprint density at radius 3 is 0.800 bits per heavy atom. The van der Waals surface area contributed by atoms with Crippen molar-refractivity contribution in [1.82, 2.24) is 0 Å². The van der Waals surface area contributed by atoms with Gasteiger partial charge in [-0.05, 0) is 129 Å². The third-order valence-electron chi connectivity index (χ3n) is 11.7. The number of hydrogen-bond donors (Lipinski definition) is 3. The monoisotopic (exact) mass is 621 g/mol. The molecule has 0 unspecified atom stereocenters. The molecule has 0 heterocycles. The van der Waals surface area contributed by atoms with Crippen molar-refractivity contribution in [3.8, 4) is 0 Å². The number of benzene rings is 1. The minimum Gasteiger partial charge on any atom is -0.326 e. The third-order valence-corrected chi connectivity index (χ3v) is 11.7. The quantitative estimate of drug-likeness (QED) is 0.295. The molecule has 6 heteroatoms. The molecule has 0 radical (unpaired) electrons. The molecular formula is C39H63N3O3. The molecule has 6 nitrogen and oxygen atoms in total. The summed E-state index contributed by atoms with van der Waals surface area (Å²) in [5, 5.41) is 9.46. The van der Waals surface area contributed by atoms with Gasteiger partial charge in [0, 0.05) is 34.8 Å². The highest BCUT2D eigenvalue weighted by atomic mass is 16.2. The van der Waals surface area contributed by atoms with Gasteiger partial charge in [0.1, 0.15) is 0 Å². The number of amides is 3. The molecule has 45 heavy (non-hydrogen) atoms. The number of anilines is 3. The molecule has 3 saturated carbocycles. The summed E-state index contributed by atoms with van der Waals surface area (Å²) in [5.74, 6) is 1.96. The van der Waals surface area contributed by atoms with Crippen LogP contribution in [0.1, 0.15) is 139 Å². The van der Waals surface area contributed by atoms with Gasteiger partial charge < -0.3 is 16.0 Å². The van der Waals surface area contributed by atoms with E-state index in [4.69, 9.17) is 0 Å². The lowest BCUT2D eigenvalue weighted by Gasteiger charge is -2.36. The van der Waals surface area contributed by atoms with E-state index < -0.39 is 0 Å². The minimum absolute atomic E-state index is 0.0177. The molecule has 3 N–H and O–H groups in total. The third kappa shape index (κ3) is 9.81. The molecule has 0 aromatic heterocycles. The molecule has 3 aliphatic rings. The van der Waals surface area contributed by atoms with E-state index in [1.54, 1.807) is 0 Å². The second-order valence-corrected chi connectivity index (χ2v) is 18.0. The van der Waals surface area contributed by atoms with Crippen molar-refractivity contribution in [1.29, 1.82) is 0 Å². The van der Waals surface area contributed by atoms with Gasteiger partial charge >= 0.3 is 0 Å². The van der Waals surface area contributed by atoms with Crippen molar-refractivity contribution < 1.29 is 14.4 Å². The number of carbonyl (C=O) groups is 3. The molecule has 0 atom stereocenters. The highest BCUT2D eigenvalue weighted by molar-refractivity contribution is 5.99. The van der Waals surface area contributed by atoms with E-state index in [1.165, 1.54) is 0 Å². The lowest BCUT2D eigenvalue weighted by molar-refractivity contribution is -0.122. The Kier molecular flexibility index (Phi) is 11.2. The van der Waals surface area contributed by atoms with E-state index in [0.29, 0.717) is 34.8 Å². The zero-order chi connectivity index (χ0) is 33.2. The summed E-state index contributed by atoms with van der Waals surface area (Å²) < 4.78 is 0. The number of hydrogen-bond acceptors (Lipinski definition) is 3. The molecule has 1 aromatic carbocycles. The SMILES string of the molecule is CC(C)(C)[C@H]1CC[C@@H](C(=O)Nc2cc(NC(=O)[C@H]3CC[C@@H](C(C)(C)C)CC3)cc(NC(=O)[C@H]3CC[C@H](C(C)(C)C)CC3)c2)CC1. The topological polar surface area (TPSA) is 87.3 Å². The van der Waals surface area contributed by atoms with Crippen molar-refractivity contribution in [3.63, 3.8) is 0 Å². The van der Waals surface area contributed by atoms with Crippen LogP contribution in [0.4, 0.5) is 17.1 Å². The van der Waals surface area contributed by atoms with Gasteiger partial charge in [-0.25, -0.2) is 0 Å². The van der Waals surface area contributed by atoms with Gasteiger partial charge in [0.2, 0.25) is 17.7 Å². The second-order valence-electron chi connectivity index (χ2n) is 18.0. The molecule has 0 spiro atoms. The maximum Gasteiger partial charge on any atom is 0.227 e. The fourth-order valence-corrected chi connectivity index (χ4v) is 8.24. The Balaban J connectivity index is 1.45. The van der Waals surface area contributed by atoms with E-state index in [-0.39, 0.29) is 51.7 Å². The Bertz CT molecular complexity index is 1020. The average molecular weight is 622 g/mol. The molecule has 3 aliphatic carbocycles. The first-order chi connectivity index (χ1) is 20.9. The Hall–Kier alpha value is -2.37. The zero-order valence-electron chi connectivity index (χ0n) is 29.9. The first-order valence-electron chi connectivity index (χ1n) is 18.0. The summed E-state index contributed by atoms with van der Waals surface area (Å²) >= 11 is 0. The van der Waals surface area contributed by atoms with Crippen LogP contribution in [0.25, 0.3) is 0 Å². The van der Waals surface area contributed by atoms with Crippen LogP contribution >= 0.6 is 0 Å². The molecule has 0 aliphatic heterocycles. The predicted molar refractivity (Wildman–Crippen MR) is 187 cm³/mol. The van der Waals surface area contributed by atoms with Gasteiger partial charge in [-0.3, -0.25) is 14.4 Å². The number of rotatable bonds is 6. The van der Waals surface area contributed by atoms with Gasteiger partial charge in [0.15, 0.2) is 0 Å². The van der Waals surface area contributed by atoms with Crippen LogP contribution in [0, 0.1) is 51.8 Å². The van der Waals surface area contributed by atoms with Crippen molar-refractivity contribution in [2.24, 2.45) is 51.8 Å². The maximum atomic E-state index is 13.4. The highest BCUT2D eigenvalue weighted by Gasteiger charge is 2.35. The normalized spacial score (nSPS) is 28.2. The summed E-state index contributed by atoms with van der Waals surface area (Å²) in [6.07, 6.45) is 11.7. The van der Waals surface area contributed by atoms with Crippen molar-refractivity contribution in [2.45, 2.75) is 139 Å². The standard InChI is InChI=1S/C39H63N3O3/c1-37(2,3)28-16-10-25(11-17-28)34(43)40-31-22-32(41-35(44)26-12-18-29(19-13-26)38(4,5)6)24-33(23-31)42-36(45)27-14-20-30(21-15-27)39(7,8)9/h22-30H,10-21H2,1-9H3,(H,40,43)(H,41,44)(H,42,45)/t25-,26-,27-,28-,29+,30+. The summed E-state index contributed by atoms with van der Waals surface area (Å²) in [5.41, 5.74) is 2.66. The minimum atomic E-state index is -0.0177. The van der Waals surface area contributed by atoms with Crippen molar-refractivity contribution >= 4 is 34.8 Å². The van der Waals surface area contributed by atoms with Crippen LogP contribution in [-0.2, 0) is 14.4 Å². The van der Waals surface area contributed by atoms with E-state index >= 15 is 0 Å². The van der Waals surface area contributed by atoms with Crippen LogP contribution in [0.15, 0.2) is 18.2 Å². The Labute approximate surface area is 274 Å². The lowest BCUT2D eigenvalue weighted by Crippen LogP contribution is -2.32. The summed E-state index contributed by atoms with van der Waals surface area (Å²) in [7, 11) is 0. The maximum absolute atomic E-state index is 13.4. The molecule has 252 valence electrons. The predicted octanol–water partition coefficient (Wildman–Crippen LogP) is 10.1. The number of nitrogens with one attached hydrogen (secondary N) is 3. The Morgan fingerprint density at radius 1 is 0.422 bits per heavy atom.